The van der Waals surface area contributed by atoms with E-state index < -0.39 is 0 Å². The minimum atomic E-state index is 0.379. The van der Waals surface area contributed by atoms with Crippen LogP contribution in [0, 0.1) is 0 Å². The lowest BCUT2D eigenvalue weighted by Gasteiger charge is -2.32. The fourth-order valence-electron chi connectivity index (χ4n) is 10.0. The van der Waals surface area contributed by atoms with Gasteiger partial charge in [0.1, 0.15) is 5.75 Å². The Bertz CT molecular complexity index is 3280. The second-order valence-corrected chi connectivity index (χ2v) is 17.5. The predicted octanol–water partition coefficient (Wildman–Crippen LogP) is 18.2. The normalized spacial score (nSPS) is 14.6. The second-order valence-electron chi connectivity index (χ2n) is 17.5. The number of hydrogen-bond donors (Lipinski definition) is 0. The van der Waals surface area contributed by atoms with Gasteiger partial charge in [0.2, 0.25) is 0 Å². The van der Waals surface area contributed by atoms with E-state index in [9.17, 15) is 0 Å². The molecule has 0 amide bonds. The van der Waals surface area contributed by atoms with E-state index in [0.717, 1.165) is 86.8 Å². The maximum absolute atomic E-state index is 7.22. The highest BCUT2D eigenvalue weighted by Crippen LogP contribution is 2.55. The van der Waals surface area contributed by atoms with E-state index in [1.807, 2.05) is 0 Å². The van der Waals surface area contributed by atoms with E-state index in [-0.39, 0.29) is 0 Å². The molecule has 1 atom stereocenters. The van der Waals surface area contributed by atoms with E-state index >= 15 is 0 Å². The molecular weight excluding hydrogens is 813 g/mol. The van der Waals surface area contributed by atoms with Crippen molar-refractivity contribution in [3.05, 3.63) is 260 Å². The molecule has 0 N–H and O–H groups in total. The molecule has 67 heavy (non-hydrogen) atoms. The number of hydrogen-bond acceptors (Lipinski definition) is 3. The molecule has 0 saturated heterocycles. The smallest absolute Gasteiger partial charge is 0.159 e. The monoisotopic (exact) mass is 860 g/mol. The molecule has 3 heteroatoms. The number of benzene rings is 9. The third-order valence-electron chi connectivity index (χ3n) is 13.4. The van der Waals surface area contributed by atoms with Crippen LogP contribution in [0.4, 0.5) is 34.1 Å². The summed E-state index contributed by atoms with van der Waals surface area (Å²) in [6.45, 7) is 0. The standard InChI is InChI=1S/C64H48N2O/c1-5-15-45(16-6-1)49-27-35-53(36-28-49)65(54-37-29-50(30-38-54)46-17-7-2-8-18-46)60-43-44-62-63-57(23-13-25-59(60)63)58-24-14-26-61(64(58)67-62)66(55-39-31-51(32-40-55)47-19-9-3-10-20-47)56-41-33-52(34-42-56)48-21-11-4-12-22-48/h1,3-7,9-15,17-45H,2,8,16H2. The minimum Gasteiger partial charge on any atom is -0.454 e. The molecule has 0 saturated carbocycles. The molecule has 0 radical (unpaired) electrons. The van der Waals surface area contributed by atoms with Crippen LogP contribution in [-0.2, 0) is 0 Å². The predicted molar refractivity (Wildman–Crippen MR) is 282 cm³/mol. The number of para-hydroxylation sites is 1. The van der Waals surface area contributed by atoms with Crippen molar-refractivity contribution in [2.24, 2.45) is 0 Å². The second kappa shape index (κ2) is 17.5. The summed E-state index contributed by atoms with van der Waals surface area (Å²) >= 11 is 0. The Morgan fingerprint density at radius 3 is 1.58 bits per heavy atom. The van der Waals surface area contributed by atoms with Gasteiger partial charge < -0.3 is 14.5 Å². The minimum absolute atomic E-state index is 0.379. The molecule has 1 unspecified atom stereocenters. The first kappa shape index (κ1) is 40.1. The largest absolute Gasteiger partial charge is 0.454 e. The van der Waals surface area contributed by atoms with Crippen molar-refractivity contribution in [1.29, 1.82) is 0 Å². The molecule has 3 nitrogen and oxygen atoms in total. The summed E-state index contributed by atoms with van der Waals surface area (Å²) in [7, 11) is 0. The fraction of sp³-hybridized carbons (Fsp3) is 0.0625. The van der Waals surface area contributed by atoms with Crippen LogP contribution in [0.2, 0.25) is 0 Å². The third-order valence-corrected chi connectivity index (χ3v) is 13.4. The maximum Gasteiger partial charge on any atom is 0.159 e. The Morgan fingerprint density at radius 2 is 0.985 bits per heavy atom. The molecule has 3 aliphatic rings. The van der Waals surface area contributed by atoms with Gasteiger partial charge in [0.15, 0.2) is 5.75 Å². The van der Waals surface area contributed by atoms with E-state index in [0.29, 0.717) is 5.92 Å². The Hall–Kier alpha value is -8.40. The van der Waals surface area contributed by atoms with Gasteiger partial charge in [0.25, 0.3) is 0 Å². The summed E-state index contributed by atoms with van der Waals surface area (Å²) in [5, 5.41) is 2.23. The Labute approximate surface area is 393 Å². The van der Waals surface area contributed by atoms with Crippen LogP contribution in [0.1, 0.15) is 36.3 Å². The van der Waals surface area contributed by atoms with Gasteiger partial charge in [0.05, 0.1) is 11.4 Å². The highest BCUT2D eigenvalue weighted by molar-refractivity contribution is 6.11. The van der Waals surface area contributed by atoms with Crippen LogP contribution in [-0.4, -0.2) is 0 Å². The average Bonchev–Trinajstić information content (AvgIpc) is 3.41. The van der Waals surface area contributed by atoms with E-state index in [4.69, 9.17) is 4.74 Å². The summed E-state index contributed by atoms with van der Waals surface area (Å²) in [6.07, 6.45) is 18.9. The van der Waals surface area contributed by atoms with Crippen LogP contribution in [0.3, 0.4) is 0 Å². The van der Waals surface area contributed by atoms with Crippen LogP contribution in [0.5, 0.6) is 11.5 Å². The molecular formula is C64H48N2O. The summed E-state index contributed by atoms with van der Waals surface area (Å²) in [6, 6.07) is 74.7. The topological polar surface area (TPSA) is 15.7 Å². The first-order chi connectivity index (χ1) is 33.2. The van der Waals surface area contributed by atoms with Crippen LogP contribution in [0.15, 0.2) is 249 Å². The van der Waals surface area contributed by atoms with E-state index in [1.165, 1.54) is 39.0 Å². The van der Waals surface area contributed by atoms with Gasteiger partial charge in [-0.05, 0) is 131 Å². The van der Waals surface area contributed by atoms with Crippen molar-refractivity contribution >= 4 is 50.5 Å². The van der Waals surface area contributed by atoms with Crippen molar-refractivity contribution in [2.45, 2.75) is 25.2 Å². The number of anilines is 6. The summed E-state index contributed by atoms with van der Waals surface area (Å²) in [4.78, 5) is 4.74. The lowest BCUT2D eigenvalue weighted by molar-refractivity contribution is 0.488. The van der Waals surface area contributed by atoms with Gasteiger partial charge in [-0.3, -0.25) is 0 Å². The average molecular weight is 861 g/mol. The molecule has 9 aromatic carbocycles. The van der Waals surface area contributed by atoms with Crippen molar-refractivity contribution in [3.63, 3.8) is 0 Å². The lowest BCUT2D eigenvalue weighted by atomic mass is 9.91. The Balaban J connectivity index is 0.974. The number of fused-ring (bicyclic) bond motifs is 2. The summed E-state index contributed by atoms with van der Waals surface area (Å²) < 4.78 is 7.22. The molecule has 12 rings (SSSR count). The van der Waals surface area contributed by atoms with Gasteiger partial charge in [-0.2, -0.15) is 0 Å². The van der Waals surface area contributed by atoms with Gasteiger partial charge >= 0.3 is 0 Å². The van der Waals surface area contributed by atoms with E-state index in [1.54, 1.807) is 0 Å². The zero-order valence-corrected chi connectivity index (χ0v) is 37.2. The van der Waals surface area contributed by atoms with E-state index in [2.05, 4.69) is 259 Å². The number of ether oxygens (including phenoxy) is 1. The molecule has 1 heterocycles. The quantitative estimate of drug-likeness (QED) is 0.136. The summed E-state index contributed by atoms with van der Waals surface area (Å²) in [5.41, 5.74) is 17.1. The van der Waals surface area contributed by atoms with Gasteiger partial charge in [-0.25, -0.2) is 0 Å². The number of allylic oxidation sites excluding steroid dienone is 8. The molecule has 9 aromatic rings. The van der Waals surface area contributed by atoms with Gasteiger partial charge in [-0.15, -0.1) is 0 Å². The highest BCUT2D eigenvalue weighted by atomic mass is 16.5. The first-order valence-corrected chi connectivity index (χ1v) is 23.4. The Morgan fingerprint density at radius 1 is 0.418 bits per heavy atom. The van der Waals surface area contributed by atoms with Crippen LogP contribution in [0.25, 0.3) is 49.7 Å². The molecule has 0 spiro atoms. The Kier molecular flexibility index (Phi) is 10.5. The lowest BCUT2D eigenvalue weighted by Crippen LogP contribution is -2.13. The maximum atomic E-state index is 7.22. The molecule has 1 aliphatic heterocycles. The summed E-state index contributed by atoms with van der Waals surface area (Å²) in [5.74, 6) is 2.05. The van der Waals surface area contributed by atoms with Crippen molar-refractivity contribution in [3.8, 4) is 44.9 Å². The molecule has 0 bridgehead atoms. The zero-order chi connectivity index (χ0) is 44.5. The highest BCUT2D eigenvalue weighted by Gasteiger charge is 2.28. The number of rotatable bonds is 10. The number of nitrogens with zero attached hydrogens (tertiary/aromatic N) is 2. The zero-order valence-electron chi connectivity index (χ0n) is 37.2. The molecule has 0 fully saturated rings. The van der Waals surface area contributed by atoms with Crippen molar-refractivity contribution in [1.82, 2.24) is 0 Å². The first-order valence-electron chi connectivity index (χ1n) is 23.4. The SMILES string of the molecule is C1=CCC(c2ccc(N(c3ccc(C4=CCCC=C4)cc3)c3ccc4c5c(cccc35)-c3cccc(N(c5ccc(-c6ccccc6)cc5)c5ccc(-c6ccccc6)cc5)c3O4)cc2)C=C1. The molecule has 320 valence electrons. The van der Waals surface area contributed by atoms with Crippen LogP contribution >= 0.6 is 0 Å². The van der Waals surface area contributed by atoms with Gasteiger partial charge in [0, 0.05) is 45.0 Å². The van der Waals surface area contributed by atoms with Crippen LogP contribution < -0.4 is 14.5 Å². The fourth-order valence-corrected chi connectivity index (χ4v) is 10.0. The van der Waals surface area contributed by atoms with Gasteiger partial charge in [-0.1, -0.05) is 182 Å². The molecule has 2 aliphatic carbocycles. The van der Waals surface area contributed by atoms with Crippen molar-refractivity contribution in [2.75, 3.05) is 9.80 Å². The molecule has 0 aromatic heterocycles. The third kappa shape index (κ3) is 7.65. The van der Waals surface area contributed by atoms with Crippen molar-refractivity contribution < 1.29 is 4.74 Å².